The largest absolute Gasteiger partial charge is 0.504 e. The van der Waals surface area contributed by atoms with Gasteiger partial charge < -0.3 is 14.8 Å². The number of amides is 1. The third-order valence-electron chi connectivity index (χ3n) is 7.29. The van der Waals surface area contributed by atoms with E-state index >= 15 is 0 Å². The monoisotopic (exact) mass is 386 g/mol. The van der Waals surface area contributed by atoms with Crippen LogP contribution >= 0.6 is 0 Å². The second-order valence-corrected chi connectivity index (χ2v) is 8.39. The Kier molecular flexibility index (Phi) is 5.08. The topological polar surface area (TPSA) is 67.9 Å². The van der Waals surface area contributed by atoms with E-state index in [9.17, 15) is 9.59 Å². The summed E-state index contributed by atoms with van der Waals surface area (Å²) < 4.78 is 10.2. The molecule has 3 heterocycles. The minimum absolute atomic E-state index is 0.0674. The summed E-state index contributed by atoms with van der Waals surface area (Å²) in [6.45, 7) is 5.72. The van der Waals surface area contributed by atoms with E-state index in [4.69, 9.17) is 9.47 Å². The van der Waals surface area contributed by atoms with Gasteiger partial charge in [-0.05, 0) is 56.6 Å². The molecule has 2 saturated heterocycles. The molecule has 0 saturated carbocycles. The van der Waals surface area contributed by atoms with Gasteiger partial charge >= 0.3 is 5.97 Å². The number of nitrogens with zero attached hydrogens (tertiary/aromatic N) is 1. The van der Waals surface area contributed by atoms with Crippen LogP contribution in [0.3, 0.4) is 0 Å². The Morgan fingerprint density at radius 3 is 2.82 bits per heavy atom. The van der Waals surface area contributed by atoms with Gasteiger partial charge in [0.25, 0.3) is 0 Å². The second-order valence-electron chi connectivity index (χ2n) is 8.39. The normalized spacial score (nSPS) is 35.4. The van der Waals surface area contributed by atoms with E-state index in [1.165, 1.54) is 24.6 Å². The summed E-state index contributed by atoms with van der Waals surface area (Å²) in [5.74, 6) is -0.149. The molecule has 0 aromatic carbocycles. The summed E-state index contributed by atoms with van der Waals surface area (Å²) in [7, 11) is 2.94. The zero-order valence-corrected chi connectivity index (χ0v) is 16.8. The van der Waals surface area contributed by atoms with Crippen LogP contribution in [0.15, 0.2) is 35.8 Å². The molecule has 2 fully saturated rings. The highest BCUT2D eigenvalue weighted by molar-refractivity contribution is 5.93. The molecule has 6 heteroatoms. The van der Waals surface area contributed by atoms with Crippen LogP contribution < -0.4 is 5.32 Å². The van der Waals surface area contributed by atoms with E-state index in [0.717, 1.165) is 51.6 Å². The van der Waals surface area contributed by atoms with Crippen molar-refractivity contribution in [1.29, 1.82) is 0 Å². The first kappa shape index (κ1) is 19.2. The minimum atomic E-state index is -0.436. The predicted molar refractivity (Wildman–Crippen MR) is 105 cm³/mol. The van der Waals surface area contributed by atoms with Crippen LogP contribution in [0.2, 0.25) is 0 Å². The maximum atomic E-state index is 13.2. The van der Waals surface area contributed by atoms with E-state index in [1.807, 2.05) is 6.08 Å². The SMILES string of the molecule is C=CC1CN2CCC3(C(=O)NC4=C3CCCC4)C2CC1/C(=C/OC)C(=O)OC. The average Bonchev–Trinajstić information content (AvgIpc) is 3.23. The molecule has 0 radical (unpaired) electrons. The molecule has 0 bridgehead atoms. The number of carbonyl (C=O) groups excluding carboxylic acids is 2. The van der Waals surface area contributed by atoms with Crippen LogP contribution in [0.5, 0.6) is 0 Å². The molecule has 1 amide bonds. The van der Waals surface area contributed by atoms with Crippen molar-refractivity contribution in [2.45, 2.75) is 44.6 Å². The number of ether oxygens (including phenoxy) is 2. The van der Waals surface area contributed by atoms with Crippen molar-refractivity contribution in [3.63, 3.8) is 0 Å². The number of piperidine rings is 1. The second kappa shape index (κ2) is 7.39. The molecule has 1 spiro atoms. The van der Waals surface area contributed by atoms with Gasteiger partial charge in [-0.15, -0.1) is 6.58 Å². The summed E-state index contributed by atoms with van der Waals surface area (Å²) in [5.41, 5.74) is 2.60. The molecule has 0 aromatic rings. The van der Waals surface area contributed by atoms with Gasteiger partial charge in [0.15, 0.2) is 0 Å². The number of carbonyl (C=O) groups is 2. The van der Waals surface area contributed by atoms with Crippen molar-refractivity contribution in [2.24, 2.45) is 17.3 Å². The molecule has 152 valence electrons. The first-order valence-corrected chi connectivity index (χ1v) is 10.3. The zero-order chi connectivity index (χ0) is 19.9. The highest BCUT2D eigenvalue weighted by Crippen LogP contribution is 2.55. The Hall–Kier alpha value is -2.08. The molecule has 4 rings (SSSR count). The van der Waals surface area contributed by atoms with E-state index in [0.29, 0.717) is 5.57 Å². The van der Waals surface area contributed by atoms with Gasteiger partial charge in [0.1, 0.15) is 0 Å². The van der Waals surface area contributed by atoms with E-state index in [-0.39, 0.29) is 29.8 Å². The molecule has 0 aromatic heterocycles. The third kappa shape index (κ3) is 2.72. The molecule has 6 nitrogen and oxygen atoms in total. The minimum Gasteiger partial charge on any atom is -0.504 e. The number of methoxy groups -OCH3 is 2. The molecule has 3 aliphatic heterocycles. The number of allylic oxidation sites excluding steroid dienone is 1. The third-order valence-corrected chi connectivity index (χ3v) is 7.29. The fourth-order valence-electron chi connectivity index (χ4n) is 6.00. The van der Waals surface area contributed by atoms with Crippen molar-refractivity contribution in [3.8, 4) is 0 Å². The number of hydrogen-bond acceptors (Lipinski definition) is 5. The number of esters is 1. The fraction of sp³-hybridized carbons (Fsp3) is 0.636. The number of hydrogen-bond donors (Lipinski definition) is 1. The van der Waals surface area contributed by atoms with Crippen LogP contribution in [0.4, 0.5) is 0 Å². The van der Waals surface area contributed by atoms with Crippen molar-refractivity contribution in [3.05, 3.63) is 35.8 Å². The quantitative estimate of drug-likeness (QED) is 0.348. The van der Waals surface area contributed by atoms with Gasteiger partial charge in [0, 0.05) is 24.2 Å². The highest BCUT2D eigenvalue weighted by atomic mass is 16.5. The molecular formula is C22H30N2O4. The zero-order valence-electron chi connectivity index (χ0n) is 16.8. The van der Waals surface area contributed by atoms with Crippen molar-refractivity contribution < 1.29 is 19.1 Å². The molecule has 4 unspecified atom stereocenters. The molecule has 4 atom stereocenters. The lowest BCUT2D eigenvalue weighted by Crippen LogP contribution is -2.52. The Morgan fingerprint density at radius 1 is 1.32 bits per heavy atom. The first-order valence-electron chi connectivity index (χ1n) is 10.3. The standard InChI is InChI=1S/C22H30N2O4/c1-4-14-12-24-10-9-22(17-7-5-6-8-18(17)23-21(22)26)19(24)11-15(14)16(13-27-2)20(25)28-3/h4,13-15,19H,1,5-12H2,2-3H3,(H,23,26)/b16-13-. The maximum absolute atomic E-state index is 13.2. The summed E-state index contributed by atoms with van der Waals surface area (Å²) >= 11 is 0. The summed E-state index contributed by atoms with van der Waals surface area (Å²) in [6.07, 6.45) is 9.30. The molecule has 28 heavy (non-hydrogen) atoms. The van der Waals surface area contributed by atoms with Gasteiger partial charge in [-0.25, -0.2) is 4.79 Å². The Bertz CT molecular complexity index is 756. The number of nitrogens with one attached hydrogen (secondary N) is 1. The van der Waals surface area contributed by atoms with Crippen LogP contribution in [0, 0.1) is 17.3 Å². The number of rotatable bonds is 4. The van der Waals surface area contributed by atoms with Crippen molar-refractivity contribution in [1.82, 2.24) is 10.2 Å². The van der Waals surface area contributed by atoms with Gasteiger partial charge in [-0.3, -0.25) is 9.69 Å². The van der Waals surface area contributed by atoms with E-state index in [1.54, 1.807) is 7.11 Å². The Labute approximate surface area is 166 Å². The van der Waals surface area contributed by atoms with Gasteiger partial charge in [0.2, 0.25) is 5.91 Å². The molecular weight excluding hydrogens is 356 g/mol. The first-order chi connectivity index (χ1) is 13.6. The highest BCUT2D eigenvalue weighted by Gasteiger charge is 2.60. The fourth-order valence-corrected chi connectivity index (χ4v) is 6.00. The smallest absolute Gasteiger partial charge is 0.337 e. The van der Waals surface area contributed by atoms with Gasteiger partial charge in [-0.1, -0.05) is 6.08 Å². The lowest BCUT2D eigenvalue weighted by Gasteiger charge is -2.45. The molecule has 1 N–H and O–H groups in total. The van der Waals surface area contributed by atoms with E-state index in [2.05, 4.69) is 16.8 Å². The Morgan fingerprint density at radius 2 is 2.11 bits per heavy atom. The summed E-state index contributed by atoms with van der Waals surface area (Å²) in [4.78, 5) is 28.1. The van der Waals surface area contributed by atoms with Crippen molar-refractivity contribution in [2.75, 3.05) is 27.3 Å². The maximum Gasteiger partial charge on any atom is 0.337 e. The van der Waals surface area contributed by atoms with Crippen LogP contribution in [0.25, 0.3) is 0 Å². The van der Waals surface area contributed by atoms with Crippen LogP contribution in [-0.2, 0) is 19.1 Å². The van der Waals surface area contributed by atoms with E-state index < -0.39 is 5.41 Å². The summed E-state index contributed by atoms with van der Waals surface area (Å²) in [5, 5.41) is 3.21. The Balaban J connectivity index is 1.71. The predicted octanol–water partition coefficient (Wildman–Crippen LogP) is 2.53. The average molecular weight is 386 g/mol. The molecule has 1 aliphatic carbocycles. The van der Waals surface area contributed by atoms with Crippen LogP contribution in [-0.4, -0.2) is 50.1 Å². The van der Waals surface area contributed by atoms with Crippen LogP contribution in [0.1, 0.15) is 38.5 Å². The molecule has 4 aliphatic rings. The van der Waals surface area contributed by atoms with Gasteiger partial charge in [0.05, 0.1) is 31.5 Å². The van der Waals surface area contributed by atoms with Crippen molar-refractivity contribution >= 4 is 11.9 Å². The number of fused-ring (bicyclic) bond motifs is 3. The van der Waals surface area contributed by atoms with Gasteiger partial charge in [-0.2, -0.15) is 0 Å². The lowest BCUT2D eigenvalue weighted by molar-refractivity contribution is -0.137. The lowest BCUT2D eigenvalue weighted by atomic mass is 9.66. The summed E-state index contributed by atoms with van der Waals surface area (Å²) in [6, 6.07) is 0.101.